The van der Waals surface area contributed by atoms with Gasteiger partial charge in [0.05, 0.1) is 5.66 Å². The molecule has 1 heterocycles. The lowest BCUT2D eigenvalue weighted by Gasteiger charge is -2.08. The Hall–Kier alpha value is -0.0151. The van der Waals surface area contributed by atoms with Crippen LogP contribution in [0.5, 0.6) is 5.75 Å². The van der Waals surface area contributed by atoms with Crippen molar-refractivity contribution in [3.8, 4) is 5.75 Å². The average Bonchev–Trinajstić information content (AvgIpc) is 2.58. The summed E-state index contributed by atoms with van der Waals surface area (Å²) in [6.45, 7) is 1.65. The number of halogens is 1. The molecule has 1 aromatic heterocycles. The van der Waals surface area contributed by atoms with Gasteiger partial charge in [-0.2, -0.15) is 0 Å². The molecule has 3 N–H and O–H groups in total. The molecule has 1 rings (SSSR count). The van der Waals surface area contributed by atoms with Gasteiger partial charge >= 0.3 is 0 Å². The fourth-order valence-corrected chi connectivity index (χ4v) is 1.85. The van der Waals surface area contributed by atoms with E-state index in [9.17, 15) is 0 Å². The summed E-state index contributed by atoms with van der Waals surface area (Å²) >= 11 is 1.74. The van der Waals surface area contributed by atoms with E-state index < -0.39 is 9.03 Å². The molecule has 1 aromatic rings. The number of furan rings is 1. The van der Waals surface area contributed by atoms with Crippen LogP contribution in [-0.2, 0) is 9.67 Å². The van der Waals surface area contributed by atoms with Gasteiger partial charge in [0.25, 0.3) is 0 Å². The van der Waals surface area contributed by atoms with E-state index >= 15 is 0 Å². The molecule has 1 atom stereocenters. The van der Waals surface area contributed by atoms with E-state index in [0.717, 1.165) is 6.54 Å². The van der Waals surface area contributed by atoms with Crippen LogP contribution < -0.4 is 20.8 Å². The number of hydrogen-bond donors (Lipinski definition) is 3. The largest absolute Gasteiger partial charge is 0.469 e. The first kappa shape index (κ1) is 15.0. The Morgan fingerprint density at radius 1 is 1.53 bits per heavy atom. The Labute approximate surface area is 117 Å². The minimum Gasteiger partial charge on any atom is -0.469 e. The van der Waals surface area contributed by atoms with Crippen molar-refractivity contribution in [3.63, 3.8) is 0 Å². The van der Waals surface area contributed by atoms with Gasteiger partial charge < -0.3 is 27.5 Å². The van der Waals surface area contributed by atoms with Crippen LogP contribution in [0.4, 0.5) is 5.69 Å². The van der Waals surface area contributed by atoms with Gasteiger partial charge in [0.1, 0.15) is 35.3 Å². The first-order valence-corrected chi connectivity index (χ1v) is 6.57. The predicted molar refractivity (Wildman–Crippen MR) is 76.5 cm³/mol. The van der Waals surface area contributed by atoms with Crippen molar-refractivity contribution in [2.75, 3.05) is 25.5 Å². The molecule has 0 spiro atoms. The quantitative estimate of drug-likeness (QED) is 0.267. The molecule has 0 aliphatic rings. The van der Waals surface area contributed by atoms with Crippen LogP contribution in [0.15, 0.2) is 4.42 Å². The second kappa shape index (κ2) is 8.15. The Bertz CT molecular complexity index is 353. The smallest absolute Gasteiger partial charge is 0.212 e. The highest BCUT2D eigenvalue weighted by molar-refractivity contribution is 14.1. The van der Waals surface area contributed by atoms with Crippen molar-refractivity contribution in [1.29, 1.82) is 0 Å². The van der Waals surface area contributed by atoms with E-state index in [1.165, 1.54) is 0 Å². The van der Waals surface area contributed by atoms with E-state index in [1.807, 2.05) is 7.05 Å². The van der Waals surface area contributed by atoms with E-state index in [2.05, 4.69) is 10.6 Å². The van der Waals surface area contributed by atoms with Crippen LogP contribution in [-0.4, -0.2) is 32.9 Å². The van der Waals surface area contributed by atoms with Gasteiger partial charge in [-0.3, -0.25) is 0 Å². The summed E-state index contributed by atoms with van der Waals surface area (Å²) in [6, 6.07) is 0. The topological polar surface area (TPSA) is 75.9 Å². The summed E-state index contributed by atoms with van der Waals surface area (Å²) in [4.78, 5) is 8.86. The van der Waals surface area contributed by atoms with Crippen molar-refractivity contribution < 1.29 is 16.9 Å². The van der Waals surface area contributed by atoms with Crippen molar-refractivity contribution in [3.05, 3.63) is 5.76 Å². The second-order valence-electron chi connectivity index (χ2n) is 3.07. The maximum atomic E-state index is 8.86. The third-order valence-corrected chi connectivity index (χ3v) is 2.58. The van der Waals surface area contributed by atoms with Crippen molar-refractivity contribution in [2.45, 2.75) is 6.61 Å². The second-order valence-corrected chi connectivity index (χ2v) is 4.08. The fraction of sp³-hybridized carbons (Fsp3) is 0.500. The molecule has 0 aliphatic heterocycles. The van der Waals surface area contributed by atoms with Gasteiger partial charge in [-0.05, 0) is 7.05 Å². The van der Waals surface area contributed by atoms with Crippen LogP contribution >= 0.6 is 32.0 Å². The molecule has 6 nitrogen and oxygen atoms in total. The molecule has 0 bridgehead atoms. The molecule has 0 saturated carbocycles. The number of nitrogens with one attached hydrogen (secondary N) is 2. The highest BCUT2D eigenvalue weighted by Gasteiger charge is 2.18. The van der Waals surface area contributed by atoms with Gasteiger partial charge in [0, 0.05) is 13.1 Å². The molecule has 17 heavy (non-hydrogen) atoms. The van der Waals surface area contributed by atoms with Crippen molar-refractivity contribution in [1.82, 2.24) is 5.32 Å². The third kappa shape index (κ3) is 4.29. The monoisotopic (exact) mass is 370 g/mol. The molecular weight excluding hydrogens is 357 g/mol. The van der Waals surface area contributed by atoms with Gasteiger partial charge in [-0.15, -0.1) is 0 Å². The van der Waals surface area contributed by atoms with Crippen LogP contribution in [0.1, 0.15) is 5.76 Å². The molecule has 1 unspecified atom stereocenters. The summed E-state index contributed by atoms with van der Waals surface area (Å²) < 4.78 is 15.3. The van der Waals surface area contributed by atoms with E-state index in [-0.39, 0.29) is 12.3 Å². The number of anilines is 1. The molecule has 0 aliphatic carbocycles. The maximum absolute atomic E-state index is 8.86. The lowest BCUT2D eigenvalue weighted by atomic mass is 10.0. The summed E-state index contributed by atoms with van der Waals surface area (Å²) in [6.07, 6.45) is 0. The van der Waals surface area contributed by atoms with Gasteiger partial charge in [-0.25, -0.2) is 0 Å². The highest BCUT2D eigenvalue weighted by Crippen LogP contribution is 2.33. The first-order chi connectivity index (χ1) is 8.24. The van der Waals surface area contributed by atoms with Gasteiger partial charge in [-0.1, -0.05) is 0 Å². The molecule has 94 valence electrons. The molecular formula is C8H13BIN2O4P. The number of likely N-dealkylation sites (N-methyl/N-ethyl adjacent to an activating group) is 1. The fourth-order valence-electron chi connectivity index (χ4n) is 1.26. The Kier molecular flexibility index (Phi) is 7.21. The lowest BCUT2D eigenvalue weighted by Crippen LogP contribution is -2.20. The van der Waals surface area contributed by atoms with Crippen LogP contribution in [0.3, 0.4) is 0 Å². The average molecular weight is 370 g/mol. The Morgan fingerprint density at radius 3 is 2.88 bits per heavy atom. The standard InChI is InChI=1S/C8H13BIN2O4P/c1-11-2-3-12-6-7(16-17-13)5(4-14-10)15-8(6)9/h11-13,17H,2-4H2,1H3. The van der Waals surface area contributed by atoms with Crippen LogP contribution in [0.2, 0.25) is 0 Å². The van der Waals surface area contributed by atoms with E-state index in [1.54, 1.807) is 23.0 Å². The molecule has 0 aromatic carbocycles. The zero-order chi connectivity index (χ0) is 12.7. The minimum absolute atomic E-state index is 0.220. The predicted octanol–water partition coefficient (Wildman–Crippen LogP) is 0.451. The molecule has 0 amide bonds. The highest BCUT2D eigenvalue weighted by atomic mass is 127. The van der Waals surface area contributed by atoms with E-state index in [4.69, 9.17) is 24.7 Å². The van der Waals surface area contributed by atoms with Crippen molar-refractivity contribution in [2.24, 2.45) is 0 Å². The summed E-state index contributed by atoms with van der Waals surface area (Å²) in [7, 11) is 6.89. The zero-order valence-corrected chi connectivity index (χ0v) is 12.4. The van der Waals surface area contributed by atoms with Gasteiger partial charge in [0.2, 0.25) is 9.03 Å². The summed E-state index contributed by atoms with van der Waals surface area (Å²) in [5.74, 6) is 0.849. The molecule has 2 radical (unpaired) electrons. The maximum Gasteiger partial charge on any atom is 0.212 e. The molecule has 0 fully saturated rings. The lowest BCUT2D eigenvalue weighted by molar-refractivity contribution is 0.348. The van der Waals surface area contributed by atoms with Crippen molar-refractivity contribution >= 4 is 51.2 Å². The Morgan fingerprint density at radius 2 is 2.29 bits per heavy atom. The van der Waals surface area contributed by atoms with Gasteiger partial charge in [0.15, 0.2) is 19.4 Å². The third-order valence-electron chi connectivity index (χ3n) is 1.97. The minimum atomic E-state index is -0.678. The SMILES string of the molecule is [B]c1oc(COI)c(OPO)c1NCCNC. The molecule has 0 saturated heterocycles. The molecule has 9 heteroatoms. The van der Waals surface area contributed by atoms with E-state index in [0.29, 0.717) is 23.7 Å². The van der Waals surface area contributed by atoms with Crippen LogP contribution in [0.25, 0.3) is 0 Å². The first-order valence-electron chi connectivity index (χ1n) is 4.83. The zero-order valence-electron chi connectivity index (χ0n) is 9.25. The normalized spacial score (nSPS) is 11.2. The summed E-state index contributed by atoms with van der Waals surface area (Å²) in [5.41, 5.74) is 0.767. The van der Waals surface area contributed by atoms with Crippen LogP contribution in [0, 0.1) is 0 Å². The summed E-state index contributed by atoms with van der Waals surface area (Å²) in [5, 5.41) is 6.07. The number of hydrogen-bond acceptors (Lipinski definition) is 6. The number of rotatable bonds is 8. The Balaban J connectivity index is 2.83.